The lowest BCUT2D eigenvalue weighted by Crippen LogP contribution is -1.99. The summed E-state index contributed by atoms with van der Waals surface area (Å²) in [6.07, 6.45) is 2.92. The minimum Gasteiger partial charge on any atom is -0.390 e. The van der Waals surface area contributed by atoms with E-state index in [1.54, 1.807) is 0 Å². The van der Waals surface area contributed by atoms with Crippen LogP contribution in [0.15, 0.2) is 18.3 Å². The summed E-state index contributed by atoms with van der Waals surface area (Å²) in [4.78, 5) is 4.14. The molecule has 1 fully saturated rings. The summed E-state index contributed by atoms with van der Waals surface area (Å²) in [6.45, 7) is 1.67. The van der Waals surface area contributed by atoms with Gasteiger partial charge >= 0.3 is 0 Å². The fourth-order valence-corrected chi connectivity index (χ4v) is 1.57. The number of aliphatic hydroxyl groups is 1. The first-order valence-electron chi connectivity index (χ1n) is 4.53. The molecule has 0 aromatic carbocycles. The predicted molar refractivity (Wildman–Crippen MR) is 48.3 cm³/mol. The number of nitrogens with zero attached hydrogens (tertiary/aromatic N) is 1. The van der Waals surface area contributed by atoms with Gasteiger partial charge in [-0.25, -0.2) is 0 Å². The van der Waals surface area contributed by atoms with Gasteiger partial charge in [-0.3, -0.25) is 4.98 Å². The average Bonchev–Trinajstić information content (AvgIpc) is 2.71. The minimum atomic E-state index is 0.0153. The molecule has 1 aliphatic heterocycles. The second-order valence-electron chi connectivity index (χ2n) is 3.30. The van der Waals surface area contributed by atoms with E-state index in [4.69, 9.17) is 9.84 Å². The number of hydrogen-bond donors (Lipinski definition) is 1. The van der Waals surface area contributed by atoms with Gasteiger partial charge in [-0.1, -0.05) is 6.07 Å². The van der Waals surface area contributed by atoms with Crippen molar-refractivity contribution in [2.75, 3.05) is 13.2 Å². The van der Waals surface area contributed by atoms with Crippen LogP contribution in [-0.4, -0.2) is 23.3 Å². The van der Waals surface area contributed by atoms with Crippen LogP contribution in [0.5, 0.6) is 0 Å². The maximum Gasteiger partial charge on any atom is 0.0852 e. The molecule has 13 heavy (non-hydrogen) atoms. The molecule has 0 bridgehead atoms. The molecule has 2 heterocycles. The van der Waals surface area contributed by atoms with Crippen molar-refractivity contribution in [3.8, 4) is 0 Å². The van der Waals surface area contributed by atoms with Crippen molar-refractivity contribution < 1.29 is 9.84 Å². The van der Waals surface area contributed by atoms with Crippen molar-refractivity contribution in [2.24, 2.45) is 0 Å². The van der Waals surface area contributed by atoms with Gasteiger partial charge in [-0.05, 0) is 18.1 Å². The summed E-state index contributed by atoms with van der Waals surface area (Å²) >= 11 is 0. The Labute approximate surface area is 77.4 Å². The van der Waals surface area contributed by atoms with Crippen molar-refractivity contribution in [2.45, 2.75) is 18.9 Å². The van der Waals surface area contributed by atoms with Crippen LogP contribution in [0.4, 0.5) is 0 Å². The SMILES string of the molecule is OCc1ccc(C2CCOC2)cn1. The molecule has 2 rings (SSSR count). The molecule has 1 N–H and O–H groups in total. The highest BCUT2D eigenvalue weighted by Gasteiger charge is 2.17. The summed E-state index contributed by atoms with van der Waals surface area (Å²) in [5.41, 5.74) is 1.94. The quantitative estimate of drug-likeness (QED) is 0.738. The third-order valence-corrected chi connectivity index (χ3v) is 2.41. The van der Waals surface area contributed by atoms with E-state index >= 15 is 0 Å². The molecule has 1 unspecified atom stereocenters. The van der Waals surface area contributed by atoms with Crippen LogP contribution in [0.3, 0.4) is 0 Å². The van der Waals surface area contributed by atoms with Gasteiger partial charge < -0.3 is 9.84 Å². The lowest BCUT2D eigenvalue weighted by atomic mass is 10.0. The summed E-state index contributed by atoms with van der Waals surface area (Å²) in [5.74, 6) is 0.500. The Balaban J connectivity index is 2.12. The molecule has 70 valence electrons. The first-order chi connectivity index (χ1) is 6.40. The lowest BCUT2D eigenvalue weighted by Gasteiger charge is -2.06. The molecule has 0 radical (unpaired) electrons. The van der Waals surface area contributed by atoms with Gasteiger partial charge in [-0.15, -0.1) is 0 Å². The van der Waals surface area contributed by atoms with Crippen LogP contribution >= 0.6 is 0 Å². The Kier molecular flexibility index (Phi) is 2.57. The zero-order valence-corrected chi connectivity index (χ0v) is 7.44. The molecule has 0 saturated carbocycles. The Morgan fingerprint density at radius 3 is 3.00 bits per heavy atom. The molecular weight excluding hydrogens is 166 g/mol. The van der Waals surface area contributed by atoms with E-state index in [0.29, 0.717) is 5.92 Å². The van der Waals surface area contributed by atoms with Gasteiger partial charge in [0.15, 0.2) is 0 Å². The van der Waals surface area contributed by atoms with Crippen LogP contribution in [0.1, 0.15) is 23.6 Å². The fourth-order valence-electron chi connectivity index (χ4n) is 1.57. The highest BCUT2D eigenvalue weighted by Crippen LogP contribution is 2.24. The molecule has 1 atom stereocenters. The van der Waals surface area contributed by atoms with E-state index in [2.05, 4.69) is 4.98 Å². The number of rotatable bonds is 2. The Morgan fingerprint density at radius 1 is 1.54 bits per heavy atom. The van der Waals surface area contributed by atoms with Crippen molar-refractivity contribution in [1.29, 1.82) is 0 Å². The molecule has 0 amide bonds. The minimum absolute atomic E-state index is 0.0153. The van der Waals surface area contributed by atoms with Gasteiger partial charge in [0.25, 0.3) is 0 Å². The van der Waals surface area contributed by atoms with E-state index in [1.807, 2.05) is 18.3 Å². The number of pyridine rings is 1. The largest absolute Gasteiger partial charge is 0.390 e. The zero-order valence-electron chi connectivity index (χ0n) is 7.44. The van der Waals surface area contributed by atoms with Gasteiger partial charge in [0.05, 0.1) is 18.9 Å². The first-order valence-corrected chi connectivity index (χ1v) is 4.53. The van der Waals surface area contributed by atoms with E-state index in [-0.39, 0.29) is 6.61 Å². The van der Waals surface area contributed by atoms with Crippen LogP contribution in [0, 0.1) is 0 Å². The second kappa shape index (κ2) is 3.85. The van der Waals surface area contributed by atoms with Gasteiger partial charge in [-0.2, -0.15) is 0 Å². The maximum absolute atomic E-state index is 8.81. The molecule has 0 spiro atoms. The van der Waals surface area contributed by atoms with Crippen LogP contribution < -0.4 is 0 Å². The number of aromatic nitrogens is 1. The summed E-state index contributed by atoms with van der Waals surface area (Å²) in [6, 6.07) is 3.89. The second-order valence-corrected chi connectivity index (χ2v) is 3.30. The molecule has 0 aliphatic carbocycles. The smallest absolute Gasteiger partial charge is 0.0852 e. The van der Waals surface area contributed by atoms with E-state index < -0.39 is 0 Å². The van der Waals surface area contributed by atoms with Crippen molar-refractivity contribution >= 4 is 0 Å². The average molecular weight is 179 g/mol. The summed E-state index contributed by atoms with van der Waals surface area (Å²) in [7, 11) is 0. The van der Waals surface area contributed by atoms with Crippen molar-refractivity contribution in [1.82, 2.24) is 4.98 Å². The normalized spacial score (nSPS) is 22.1. The van der Waals surface area contributed by atoms with Crippen LogP contribution in [0.25, 0.3) is 0 Å². The van der Waals surface area contributed by atoms with E-state index in [9.17, 15) is 0 Å². The summed E-state index contributed by atoms with van der Waals surface area (Å²) in [5, 5.41) is 8.81. The van der Waals surface area contributed by atoms with Gasteiger partial charge in [0, 0.05) is 18.7 Å². The topological polar surface area (TPSA) is 42.4 Å². The molecular formula is C10H13NO2. The fraction of sp³-hybridized carbons (Fsp3) is 0.500. The van der Waals surface area contributed by atoms with Crippen molar-refractivity contribution in [3.05, 3.63) is 29.6 Å². The first kappa shape index (κ1) is 8.66. The third kappa shape index (κ3) is 1.87. The molecule has 1 aliphatic rings. The van der Waals surface area contributed by atoms with Crippen LogP contribution in [-0.2, 0) is 11.3 Å². The highest BCUT2D eigenvalue weighted by atomic mass is 16.5. The van der Waals surface area contributed by atoms with E-state index in [0.717, 1.165) is 25.3 Å². The Hall–Kier alpha value is -0.930. The molecule has 1 aromatic rings. The molecule has 1 saturated heterocycles. The zero-order chi connectivity index (χ0) is 9.10. The molecule has 1 aromatic heterocycles. The summed E-state index contributed by atoms with van der Waals surface area (Å²) < 4.78 is 5.29. The predicted octanol–water partition coefficient (Wildman–Crippen LogP) is 1.08. The van der Waals surface area contributed by atoms with E-state index in [1.165, 1.54) is 5.56 Å². The van der Waals surface area contributed by atoms with Crippen LogP contribution in [0.2, 0.25) is 0 Å². The Morgan fingerprint density at radius 2 is 2.46 bits per heavy atom. The molecule has 3 heteroatoms. The van der Waals surface area contributed by atoms with Crippen molar-refractivity contribution in [3.63, 3.8) is 0 Å². The van der Waals surface area contributed by atoms with Gasteiger partial charge in [0.2, 0.25) is 0 Å². The standard InChI is InChI=1S/C10H13NO2/c12-6-10-2-1-8(5-11-10)9-3-4-13-7-9/h1-2,5,9,12H,3-4,6-7H2. The highest BCUT2D eigenvalue weighted by molar-refractivity contribution is 5.18. The third-order valence-electron chi connectivity index (χ3n) is 2.41. The maximum atomic E-state index is 8.81. The Bertz CT molecular complexity index is 265. The van der Waals surface area contributed by atoms with Gasteiger partial charge in [0.1, 0.15) is 0 Å². The number of hydrogen-bond acceptors (Lipinski definition) is 3. The number of ether oxygens (including phenoxy) is 1. The molecule has 3 nitrogen and oxygen atoms in total. The monoisotopic (exact) mass is 179 g/mol. The number of aliphatic hydroxyl groups excluding tert-OH is 1. The lowest BCUT2D eigenvalue weighted by molar-refractivity contribution is 0.194.